The molecule has 0 radical (unpaired) electrons. The van der Waals surface area contributed by atoms with E-state index in [0.29, 0.717) is 5.41 Å². The summed E-state index contributed by atoms with van der Waals surface area (Å²) < 4.78 is 0. The molecule has 4 nitrogen and oxygen atoms in total. The van der Waals surface area contributed by atoms with Crippen LogP contribution in [0.2, 0.25) is 0 Å². The molecule has 1 atom stereocenters. The fourth-order valence-electron chi connectivity index (χ4n) is 3.48. The van der Waals surface area contributed by atoms with Crippen LogP contribution in [-0.4, -0.2) is 23.1 Å². The van der Waals surface area contributed by atoms with Crippen LogP contribution in [0.5, 0.6) is 0 Å². The number of aromatic amines is 1. The maximum absolute atomic E-state index is 12.1. The van der Waals surface area contributed by atoms with Gasteiger partial charge in [-0.1, -0.05) is 26.7 Å². The summed E-state index contributed by atoms with van der Waals surface area (Å²) in [5, 5.41) is 0. The van der Waals surface area contributed by atoms with E-state index in [1.165, 1.54) is 25.7 Å². The van der Waals surface area contributed by atoms with Gasteiger partial charge in [0.15, 0.2) is 0 Å². The molecule has 1 aliphatic heterocycles. The number of hydrogen-bond donors (Lipinski definition) is 1. The molecular formula is C15H25N3O. The Morgan fingerprint density at radius 2 is 2.16 bits per heavy atom. The van der Waals surface area contributed by atoms with Crippen molar-refractivity contribution < 1.29 is 1.43 Å². The summed E-state index contributed by atoms with van der Waals surface area (Å²) in [4.78, 5) is 21.7. The molecule has 1 saturated carbocycles. The van der Waals surface area contributed by atoms with Crippen molar-refractivity contribution in [1.82, 2.24) is 9.97 Å². The first-order valence-electron chi connectivity index (χ1n) is 7.48. The molecule has 1 aliphatic carbocycles. The molecule has 106 valence electrons. The zero-order valence-electron chi connectivity index (χ0n) is 11.9. The van der Waals surface area contributed by atoms with Crippen LogP contribution in [-0.2, 0) is 0 Å². The molecule has 0 bridgehead atoms. The molecule has 4 heteroatoms. The number of nitrogens with one attached hydrogen (secondary N) is 1. The van der Waals surface area contributed by atoms with E-state index in [1.54, 1.807) is 6.20 Å². The topological polar surface area (TPSA) is 49.0 Å². The van der Waals surface area contributed by atoms with Gasteiger partial charge in [0, 0.05) is 31.7 Å². The van der Waals surface area contributed by atoms with Crippen molar-refractivity contribution in [2.75, 3.05) is 18.0 Å². The van der Waals surface area contributed by atoms with Crippen molar-refractivity contribution in [3.05, 3.63) is 22.1 Å². The number of hydrogen-bond acceptors (Lipinski definition) is 3. The summed E-state index contributed by atoms with van der Waals surface area (Å²) in [6.45, 7) is 6.30. The van der Waals surface area contributed by atoms with Crippen LogP contribution in [0.4, 0.5) is 5.95 Å². The maximum Gasteiger partial charge on any atom is 0.255 e. The van der Waals surface area contributed by atoms with Crippen LogP contribution >= 0.6 is 0 Å². The van der Waals surface area contributed by atoms with E-state index in [0.717, 1.165) is 31.0 Å². The summed E-state index contributed by atoms with van der Waals surface area (Å²) in [5.41, 5.74) is 1.38. The van der Waals surface area contributed by atoms with E-state index in [2.05, 4.69) is 28.7 Å². The van der Waals surface area contributed by atoms with Gasteiger partial charge in [-0.2, -0.15) is 0 Å². The van der Waals surface area contributed by atoms with E-state index in [1.807, 2.05) is 0 Å². The van der Waals surface area contributed by atoms with Gasteiger partial charge >= 0.3 is 0 Å². The lowest BCUT2D eigenvalue weighted by atomic mass is 9.78. The van der Waals surface area contributed by atoms with Crippen LogP contribution in [0.1, 0.15) is 58.9 Å². The SMILES string of the molecule is CCC(C)c1cnc(N2CC3(CCCC3)C2)[nH]c1=O.[HH]. The molecule has 1 unspecified atom stereocenters. The highest BCUT2D eigenvalue weighted by molar-refractivity contribution is 5.37. The second-order valence-corrected chi connectivity index (χ2v) is 6.36. The highest BCUT2D eigenvalue weighted by Gasteiger charge is 2.45. The van der Waals surface area contributed by atoms with Crippen LogP contribution in [0.15, 0.2) is 11.0 Å². The highest BCUT2D eigenvalue weighted by atomic mass is 16.1. The van der Waals surface area contributed by atoms with Gasteiger partial charge in [-0.3, -0.25) is 9.78 Å². The van der Waals surface area contributed by atoms with E-state index < -0.39 is 0 Å². The highest BCUT2D eigenvalue weighted by Crippen LogP contribution is 2.46. The zero-order valence-corrected chi connectivity index (χ0v) is 11.9. The largest absolute Gasteiger partial charge is 0.341 e. The minimum Gasteiger partial charge on any atom is -0.341 e. The van der Waals surface area contributed by atoms with Gasteiger partial charge in [-0.25, -0.2) is 4.98 Å². The minimum absolute atomic E-state index is 0. The Morgan fingerprint density at radius 3 is 2.74 bits per heavy atom. The standard InChI is InChI=1S/C15H23N3O.H2/c1-3-11(2)12-8-16-14(17-13(12)19)18-9-15(10-18)6-4-5-7-15;/h8,11H,3-7,9-10H2,1-2H3,(H,16,17,19);1H. The first-order valence-corrected chi connectivity index (χ1v) is 7.48. The quantitative estimate of drug-likeness (QED) is 0.912. The third-order valence-electron chi connectivity index (χ3n) is 4.97. The van der Waals surface area contributed by atoms with Gasteiger partial charge in [0.25, 0.3) is 5.56 Å². The lowest BCUT2D eigenvalue weighted by molar-refractivity contribution is 0.218. The van der Waals surface area contributed by atoms with Gasteiger partial charge < -0.3 is 4.90 Å². The second kappa shape index (κ2) is 4.66. The van der Waals surface area contributed by atoms with Crippen LogP contribution in [0.3, 0.4) is 0 Å². The molecule has 3 rings (SSSR count). The number of aromatic nitrogens is 2. The Morgan fingerprint density at radius 1 is 1.47 bits per heavy atom. The Hall–Kier alpha value is -1.32. The third-order valence-corrected chi connectivity index (χ3v) is 4.97. The molecule has 1 aromatic heterocycles. The average Bonchev–Trinajstić information content (AvgIpc) is 2.85. The van der Waals surface area contributed by atoms with Gasteiger partial charge in [-0.15, -0.1) is 0 Å². The molecule has 2 fully saturated rings. The summed E-state index contributed by atoms with van der Waals surface area (Å²) >= 11 is 0. The molecule has 0 amide bonds. The van der Waals surface area contributed by atoms with Crippen molar-refractivity contribution in [3.8, 4) is 0 Å². The number of anilines is 1. The number of H-pyrrole nitrogens is 1. The number of nitrogens with zero attached hydrogens (tertiary/aromatic N) is 2. The fraction of sp³-hybridized carbons (Fsp3) is 0.733. The van der Waals surface area contributed by atoms with E-state index >= 15 is 0 Å². The summed E-state index contributed by atoms with van der Waals surface area (Å²) in [6, 6.07) is 0. The van der Waals surface area contributed by atoms with Crippen molar-refractivity contribution in [3.63, 3.8) is 0 Å². The maximum atomic E-state index is 12.1. The molecule has 19 heavy (non-hydrogen) atoms. The Balaban J connectivity index is 0.00000147. The van der Waals surface area contributed by atoms with Gasteiger partial charge in [-0.05, 0) is 25.2 Å². The van der Waals surface area contributed by atoms with Crippen LogP contribution in [0.25, 0.3) is 0 Å². The Kier molecular flexibility index (Phi) is 3.11. The van der Waals surface area contributed by atoms with Crippen LogP contribution in [0, 0.1) is 5.41 Å². The summed E-state index contributed by atoms with van der Waals surface area (Å²) in [5.74, 6) is 1.04. The van der Waals surface area contributed by atoms with Crippen molar-refractivity contribution >= 4 is 5.95 Å². The van der Waals surface area contributed by atoms with Crippen molar-refractivity contribution in [2.24, 2.45) is 5.41 Å². The summed E-state index contributed by atoms with van der Waals surface area (Å²) in [7, 11) is 0. The van der Waals surface area contributed by atoms with E-state index in [4.69, 9.17) is 0 Å². The molecule has 1 spiro atoms. The van der Waals surface area contributed by atoms with Gasteiger partial charge in [0.1, 0.15) is 0 Å². The molecule has 1 aromatic rings. The predicted molar refractivity (Wildman–Crippen MR) is 78.8 cm³/mol. The smallest absolute Gasteiger partial charge is 0.255 e. The average molecular weight is 263 g/mol. The lowest BCUT2D eigenvalue weighted by Crippen LogP contribution is -2.56. The van der Waals surface area contributed by atoms with E-state index in [9.17, 15) is 4.79 Å². The molecular weight excluding hydrogens is 238 g/mol. The Bertz CT molecular complexity index is 514. The normalized spacial score (nSPS) is 22.5. The van der Waals surface area contributed by atoms with Crippen molar-refractivity contribution in [2.45, 2.75) is 51.9 Å². The molecule has 1 N–H and O–H groups in total. The van der Waals surface area contributed by atoms with Gasteiger partial charge in [0.2, 0.25) is 5.95 Å². The molecule has 2 aliphatic rings. The van der Waals surface area contributed by atoms with E-state index in [-0.39, 0.29) is 12.9 Å². The third kappa shape index (κ3) is 2.17. The second-order valence-electron chi connectivity index (χ2n) is 6.36. The fourth-order valence-corrected chi connectivity index (χ4v) is 3.48. The first kappa shape index (κ1) is 12.7. The zero-order chi connectivity index (χ0) is 13.5. The summed E-state index contributed by atoms with van der Waals surface area (Å²) in [6.07, 6.45) is 8.16. The first-order chi connectivity index (χ1) is 9.13. The molecule has 1 saturated heterocycles. The Labute approximate surface area is 115 Å². The minimum atomic E-state index is 0. The number of rotatable bonds is 3. The van der Waals surface area contributed by atoms with Crippen LogP contribution < -0.4 is 10.5 Å². The van der Waals surface area contributed by atoms with Crippen molar-refractivity contribution in [1.29, 1.82) is 0 Å². The molecule has 0 aromatic carbocycles. The predicted octanol–water partition coefficient (Wildman–Crippen LogP) is 2.91. The monoisotopic (exact) mass is 263 g/mol. The lowest BCUT2D eigenvalue weighted by Gasteiger charge is -2.48. The molecule has 2 heterocycles. The van der Waals surface area contributed by atoms with Gasteiger partial charge in [0.05, 0.1) is 0 Å².